The van der Waals surface area contributed by atoms with Crippen LogP contribution in [0.25, 0.3) is 10.9 Å². The molecule has 1 heterocycles. The highest BCUT2D eigenvalue weighted by Gasteiger charge is 2.16. The summed E-state index contributed by atoms with van der Waals surface area (Å²) in [5.41, 5.74) is 4.52. The van der Waals surface area contributed by atoms with Gasteiger partial charge in [0.1, 0.15) is 6.07 Å². The van der Waals surface area contributed by atoms with Crippen molar-refractivity contribution in [1.82, 2.24) is 4.98 Å². The molecule has 0 amide bonds. The van der Waals surface area contributed by atoms with Gasteiger partial charge in [-0.2, -0.15) is 5.26 Å². The van der Waals surface area contributed by atoms with E-state index in [2.05, 4.69) is 21.7 Å². The number of nitriles is 1. The lowest BCUT2D eigenvalue weighted by molar-refractivity contribution is 0.536. The Bertz CT molecular complexity index is 1100. The molecule has 1 aromatic heterocycles. The lowest BCUT2D eigenvalue weighted by Gasteiger charge is -2.24. The van der Waals surface area contributed by atoms with Gasteiger partial charge in [0.2, 0.25) is 0 Å². The first-order valence-corrected chi connectivity index (χ1v) is 10.5. The number of benzene rings is 2. The number of nitrogens with one attached hydrogen (secondary N) is 2. The second-order valence-electron chi connectivity index (χ2n) is 7.89. The molecule has 0 fully saturated rings. The predicted octanol–water partition coefficient (Wildman–Crippen LogP) is 4.31. The van der Waals surface area contributed by atoms with Crippen molar-refractivity contribution in [2.45, 2.75) is 38.6 Å². The van der Waals surface area contributed by atoms with E-state index in [0.29, 0.717) is 12.1 Å². The van der Waals surface area contributed by atoms with E-state index in [1.807, 2.05) is 57.2 Å². The maximum atomic E-state index is 10.9. The maximum Gasteiger partial charge on any atom is 0.103 e. The molecule has 0 bridgehead atoms. The fraction of sp³-hybridized carbons (Fsp3) is 0.273. The molecule has 150 valence electrons. The Morgan fingerprint density at radius 1 is 1.17 bits per heavy atom. The predicted molar refractivity (Wildman–Crippen MR) is 116 cm³/mol. The van der Waals surface area contributed by atoms with Crippen molar-refractivity contribution in [2.75, 3.05) is 10.6 Å². The van der Waals surface area contributed by atoms with Gasteiger partial charge < -0.3 is 15.2 Å². The number of anilines is 2. The zero-order valence-corrected chi connectivity index (χ0v) is 17.5. The number of hydrogen-bond donors (Lipinski definition) is 2. The normalized spacial score (nSPS) is 12.4. The molecule has 29 heavy (non-hydrogen) atoms. The van der Waals surface area contributed by atoms with Gasteiger partial charge in [-0.05, 0) is 50.1 Å². The fourth-order valence-corrected chi connectivity index (χ4v) is 3.52. The summed E-state index contributed by atoms with van der Waals surface area (Å²) in [5.74, 6) is 0.00819. The lowest BCUT2D eigenvalue weighted by atomic mass is 10.0. The molecule has 0 saturated heterocycles. The lowest BCUT2D eigenvalue weighted by Crippen LogP contribution is -2.26. The number of aromatic nitrogens is 1. The third-order valence-corrected chi connectivity index (χ3v) is 4.83. The van der Waals surface area contributed by atoms with E-state index in [1.165, 1.54) is 0 Å². The van der Waals surface area contributed by atoms with Crippen LogP contribution in [0.5, 0.6) is 0 Å². The van der Waals surface area contributed by atoms with Gasteiger partial charge >= 0.3 is 0 Å². The van der Waals surface area contributed by atoms with Crippen LogP contribution in [0.2, 0.25) is 0 Å². The third-order valence-electron chi connectivity index (χ3n) is 4.26. The molecular weight excluding hydrogens is 384 g/mol. The molecule has 0 aliphatic carbocycles. The average Bonchev–Trinajstić information content (AvgIpc) is 2.65. The zero-order chi connectivity index (χ0) is 21.0. The van der Waals surface area contributed by atoms with Gasteiger partial charge in [0.05, 0.1) is 16.8 Å². The van der Waals surface area contributed by atoms with Crippen LogP contribution in [0, 0.1) is 11.3 Å². The molecule has 0 saturated carbocycles. The Morgan fingerprint density at radius 3 is 2.62 bits per heavy atom. The summed E-state index contributed by atoms with van der Waals surface area (Å²) in [5, 5.41) is 17.2. The molecule has 0 aliphatic heterocycles. The summed E-state index contributed by atoms with van der Waals surface area (Å²) in [7, 11) is 0. The standard InChI is InChI=1S/C22H24N4O2S/c1-22(2,3)26-21-17(11-23)13-25-20-8-7-18(10-19(20)21)24-12-15-5-4-6-16(9-15)14-29(27)28/h4-10,13,24H,12,14H2,1-3H3,(H,25,26)(H,27,28)/p-1. The summed E-state index contributed by atoms with van der Waals surface area (Å²) in [6.07, 6.45) is 1.59. The van der Waals surface area contributed by atoms with Gasteiger partial charge in [-0.25, -0.2) is 0 Å². The molecule has 2 N–H and O–H groups in total. The minimum absolute atomic E-state index is 0.00819. The molecule has 0 spiro atoms. The Kier molecular flexibility index (Phi) is 6.16. The van der Waals surface area contributed by atoms with Crippen LogP contribution in [0.15, 0.2) is 48.7 Å². The fourth-order valence-electron chi connectivity index (χ4n) is 3.07. The molecule has 3 aromatic rings. The SMILES string of the molecule is CC(C)(C)Nc1c(C#N)cnc2ccc(NCc3cccc(CS(=O)[O-])c3)cc12. The highest BCUT2D eigenvalue weighted by molar-refractivity contribution is 7.78. The minimum Gasteiger partial charge on any atom is -0.772 e. The van der Waals surface area contributed by atoms with Crippen molar-refractivity contribution in [1.29, 1.82) is 5.26 Å². The summed E-state index contributed by atoms with van der Waals surface area (Å²) in [6, 6.07) is 15.5. The maximum absolute atomic E-state index is 10.9. The van der Waals surface area contributed by atoms with Crippen LogP contribution < -0.4 is 10.6 Å². The van der Waals surface area contributed by atoms with E-state index < -0.39 is 11.1 Å². The van der Waals surface area contributed by atoms with Crippen LogP contribution >= 0.6 is 0 Å². The number of rotatable bonds is 6. The van der Waals surface area contributed by atoms with Crippen LogP contribution in [-0.4, -0.2) is 19.3 Å². The first kappa shape index (κ1) is 20.8. The highest BCUT2D eigenvalue weighted by atomic mass is 32.2. The topological polar surface area (TPSA) is 101 Å². The monoisotopic (exact) mass is 407 g/mol. The van der Waals surface area contributed by atoms with Crippen molar-refractivity contribution >= 4 is 33.4 Å². The van der Waals surface area contributed by atoms with Crippen molar-refractivity contribution in [3.05, 3.63) is 65.4 Å². The Morgan fingerprint density at radius 2 is 1.93 bits per heavy atom. The molecule has 0 aliphatic rings. The smallest absolute Gasteiger partial charge is 0.103 e. The highest BCUT2D eigenvalue weighted by Crippen LogP contribution is 2.30. The second kappa shape index (κ2) is 8.60. The first-order chi connectivity index (χ1) is 13.7. The Balaban J connectivity index is 1.88. The number of pyridine rings is 1. The molecular formula is C22H23N4O2S-. The van der Waals surface area contributed by atoms with Gasteiger partial charge in [-0.15, -0.1) is 0 Å². The molecule has 6 nitrogen and oxygen atoms in total. The quantitative estimate of drug-likeness (QED) is 0.591. The second-order valence-corrected chi connectivity index (χ2v) is 8.78. The van der Waals surface area contributed by atoms with Gasteiger partial charge in [0.25, 0.3) is 0 Å². The van der Waals surface area contributed by atoms with E-state index in [-0.39, 0.29) is 11.3 Å². The Hall–Kier alpha value is -2.95. The molecule has 7 heteroatoms. The molecule has 1 unspecified atom stereocenters. The summed E-state index contributed by atoms with van der Waals surface area (Å²) < 4.78 is 21.8. The van der Waals surface area contributed by atoms with Crippen molar-refractivity contribution in [3.63, 3.8) is 0 Å². The molecule has 2 aromatic carbocycles. The molecule has 3 rings (SSSR count). The van der Waals surface area contributed by atoms with Crippen molar-refractivity contribution in [3.8, 4) is 6.07 Å². The minimum atomic E-state index is -2.11. The van der Waals surface area contributed by atoms with Crippen molar-refractivity contribution < 1.29 is 8.76 Å². The summed E-state index contributed by atoms with van der Waals surface area (Å²) >= 11 is -2.11. The van der Waals surface area contributed by atoms with Crippen LogP contribution in [0.1, 0.15) is 37.5 Å². The summed E-state index contributed by atoms with van der Waals surface area (Å²) in [4.78, 5) is 4.39. The molecule has 0 radical (unpaired) electrons. The van der Waals surface area contributed by atoms with Crippen LogP contribution in [-0.2, 0) is 23.4 Å². The van der Waals surface area contributed by atoms with E-state index >= 15 is 0 Å². The van der Waals surface area contributed by atoms with E-state index in [4.69, 9.17) is 0 Å². The summed E-state index contributed by atoms with van der Waals surface area (Å²) in [6.45, 7) is 6.69. The van der Waals surface area contributed by atoms with E-state index in [0.717, 1.165) is 33.4 Å². The van der Waals surface area contributed by atoms with Crippen molar-refractivity contribution in [2.24, 2.45) is 0 Å². The van der Waals surface area contributed by atoms with Gasteiger partial charge in [-0.1, -0.05) is 35.3 Å². The number of nitrogens with zero attached hydrogens (tertiary/aromatic N) is 2. The van der Waals surface area contributed by atoms with Crippen LogP contribution in [0.3, 0.4) is 0 Å². The number of hydrogen-bond acceptors (Lipinski definition) is 6. The van der Waals surface area contributed by atoms with Gasteiger partial charge in [0.15, 0.2) is 0 Å². The average molecular weight is 408 g/mol. The zero-order valence-electron chi connectivity index (χ0n) is 16.7. The van der Waals surface area contributed by atoms with Gasteiger partial charge in [0, 0.05) is 35.1 Å². The third kappa shape index (κ3) is 5.53. The Labute approximate surface area is 173 Å². The van der Waals surface area contributed by atoms with Gasteiger partial charge in [-0.3, -0.25) is 9.19 Å². The van der Waals surface area contributed by atoms with E-state index in [1.54, 1.807) is 12.3 Å². The number of fused-ring (bicyclic) bond motifs is 1. The molecule has 1 atom stereocenters. The van der Waals surface area contributed by atoms with Crippen LogP contribution in [0.4, 0.5) is 11.4 Å². The van der Waals surface area contributed by atoms with E-state index in [9.17, 15) is 14.0 Å². The first-order valence-electron chi connectivity index (χ1n) is 9.24. The largest absolute Gasteiger partial charge is 0.772 e.